The normalized spacial score (nSPS) is 24.7. The van der Waals surface area contributed by atoms with Crippen LogP contribution in [0.3, 0.4) is 0 Å². The molecule has 0 spiro atoms. The van der Waals surface area contributed by atoms with Crippen LogP contribution >= 0.6 is 0 Å². The minimum atomic E-state index is -0.167. The SMILES string of the molecule is NCC1(CN)CCCO1. The summed E-state index contributed by atoms with van der Waals surface area (Å²) < 4.78 is 5.39. The van der Waals surface area contributed by atoms with E-state index in [1.807, 2.05) is 0 Å². The van der Waals surface area contributed by atoms with Gasteiger partial charge in [-0.25, -0.2) is 0 Å². The van der Waals surface area contributed by atoms with Crippen LogP contribution in [0.5, 0.6) is 0 Å². The number of rotatable bonds is 2. The first-order chi connectivity index (χ1) is 4.33. The van der Waals surface area contributed by atoms with E-state index in [9.17, 15) is 0 Å². The molecule has 0 aromatic carbocycles. The van der Waals surface area contributed by atoms with Gasteiger partial charge in [0.25, 0.3) is 0 Å². The van der Waals surface area contributed by atoms with Gasteiger partial charge in [0.2, 0.25) is 0 Å². The third kappa shape index (κ3) is 1.23. The number of ether oxygens (including phenoxy) is 1. The third-order valence-electron chi connectivity index (χ3n) is 1.93. The van der Waals surface area contributed by atoms with E-state index in [1.54, 1.807) is 0 Å². The maximum atomic E-state index is 5.47. The molecule has 0 saturated carbocycles. The minimum Gasteiger partial charge on any atom is -0.372 e. The third-order valence-corrected chi connectivity index (χ3v) is 1.93. The highest BCUT2D eigenvalue weighted by molar-refractivity contribution is 4.86. The maximum Gasteiger partial charge on any atom is 0.0926 e. The zero-order chi connectivity index (χ0) is 6.74. The Balaban J connectivity index is 2.45. The van der Waals surface area contributed by atoms with Crippen LogP contribution in [0, 0.1) is 0 Å². The molecule has 1 aliphatic heterocycles. The van der Waals surface area contributed by atoms with Gasteiger partial charge in [-0.1, -0.05) is 0 Å². The molecule has 9 heavy (non-hydrogen) atoms. The Kier molecular flexibility index (Phi) is 2.05. The van der Waals surface area contributed by atoms with Crippen molar-refractivity contribution in [2.45, 2.75) is 18.4 Å². The molecule has 3 nitrogen and oxygen atoms in total. The summed E-state index contributed by atoms with van der Waals surface area (Å²) in [6, 6.07) is 0. The second-order valence-electron chi connectivity index (χ2n) is 2.54. The molecule has 1 heterocycles. The van der Waals surface area contributed by atoms with E-state index >= 15 is 0 Å². The highest BCUT2D eigenvalue weighted by atomic mass is 16.5. The van der Waals surface area contributed by atoms with E-state index in [4.69, 9.17) is 16.2 Å². The number of hydrogen-bond acceptors (Lipinski definition) is 3. The lowest BCUT2D eigenvalue weighted by Crippen LogP contribution is -2.44. The topological polar surface area (TPSA) is 61.3 Å². The molecule has 1 fully saturated rings. The monoisotopic (exact) mass is 130 g/mol. The summed E-state index contributed by atoms with van der Waals surface area (Å²) in [6.45, 7) is 1.95. The van der Waals surface area contributed by atoms with Crippen molar-refractivity contribution in [3.63, 3.8) is 0 Å². The van der Waals surface area contributed by atoms with E-state index in [0.717, 1.165) is 19.4 Å². The molecule has 0 aromatic heterocycles. The molecule has 1 aliphatic rings. The van der Waals surface area contributed by atoms with Crippen molar-refractivity contribution in [3.05, 3.63) is 0 Å². The summed E-state index contributed by atoms with van der Waals surface area (Å²) in [5.41, 5.74) is 10.8. The first kappa shape index (κ1) is 6.99. The molecular formula is C6H14N2O. The fourth-order valence-corrected chi connectivity index (χ4v) is 1.16. The second kappa shape index (κ2) is 2.64. The van der Waals surface area contributed by atoms with Crippen molar-refractivity contribution in [1.82, 2.24) is 0 Å². The molecule has 54 valence electrons. The van der Waals surface area contributed by atoms with Crippen LogP contribution in [0.4, 0.5) is 0 Å². The Labute approximate surface area is 55.4 Å². The lowest BCUT2D eigenvalue weighted by molar-refractivity contribution is 0.0195. The molecular weight excluding hydrogens is 116 g/mol. The summed E-state index contributed by atoms with van der Waals surface area (Å²) in [5.74, 6) is 0. The van der Waals surface area contributed by atoms with Gasteiger partial charge < -0.3 is 16.2 Å². The summed E-state index contributed by atoms with van der Waals surface area (Å²) in [4.78, 5) is 0. The van der Waals surface area contributed by atoms with Gasteiger partial charge in [-0.05, 0) is 12.8 Å². The highest BCUT2D eigenvalue weighted by Crippen LogP contribution is 2.22. The van der Waals surface area contributed by atoms with Crippen LogP contribution in [-0.4, -0.2) is 25.3 Å². The van der Waals surface area contributed by atoms with Crippen molar-refractivity contribution in [2.24, 2.45) is 11.5 Å². The molecule has 0 aromatic rings. The smallest absolute Gasteiger partial charge is 0.0926 e. The van der Waals surface area contributed by atoms with E-state index in [2.05, 4.69) is 0 Å². The Bertz CT molecular complexity index is 83.1. The van der Waals surface area contributed by atoms with Gasteiger partial charge in [-0.15, -0.1) is 0 Å². The molecule has 0 bridgehead atoms. The predicted molar refractivity (Wildman–Crippen MR) is 36.0 cm³/mol. The first-order valence-corrected chi connectivity index (χ1v) is 3.37. The standard InChI is InChI=1S/C6H14N2O/c7-4-6(5-8)2-1-3-9-6/h1-5,7-8H2. The molecule has 3 heteroatoms. The molecule has 0 amide bonds. The number of nitrogens with two attached hydrogens (primary N) is 2. The van der Waals surface area contributed by atoms with Crippen LogP contribution < -0.4 is 11.5 Å². The molecule has 0 aliphatic carbocycles. The van der Waals surface area contributed by atoms with Gasteiger partial charge >= 0.3 is 0 Å². The molecule has 0 unspecified atom stereocenters. The lowest BCUT2D eigenvalue weighted by Gasteiger charge is -2.23. The molecule has 0 atom stereocenters. The maximum absolute atomic E-state index is 5.47. The van der Waals surface area contributed by atoms with Gasteiger partial charge in [0.1, 0.15) is 0 Å². The zero-order valence-corrected chi connectivity index (χ0v) is 5.60. The Hall–Kier alpha value is -0.120. The zero-order valence-electron chi connectivity index (χ0n) is 5.60. The fraction of sp³-hybridized carbons (Fsp3) is 1.00. The van der Waals surface area contributed by atoms with Crippen molar-refractivity contribution < 1.29 is 4.74 Å². The van der Waals surface area contributed by atoms with Crippen LogP contribution in [0.1, 0.15) is 12.8 Å². The fourth-order valence-electron chi connectivity index (χ4n) is 1.16. The van der Waals surface area contributed by atoms with Crippen molar-refractivity contribution >= 4 is 0 Å². The van der Waals surface area contributed by atoms with Gasteiger partial charge in [-0.3, -0.25) is 0 Å². The van der Waals surface area contributed by atoms with Crippen molar-refractivity contribution in [2.75, 3.05) is 19.7 Å². The quantitative estimate of drug-likeness (QED) is 0.527. The van der Waals surface area contributed by atoms with Crippen LogP contribution in [-0.2, 0) is 4.74 Å². The summed E-state index contributed by atoms with van der Waals surface area (Å²) in [5, 5.41) is 0. The average molecular weight is 130 g/mol. The first-order valence-electron chi connectivity index (χ1n) is 3.37. The highest BCUT2D eigenvalue weighted by Gasteiger charge is 2.31. The molecule has 1 rings (SSSR count). The largest absolute Gasteiger partial charge is 0.372 e. The van der Waals surface area contributed by atoms with E-state index in [-0.39, 0.29) is 5.60 Å². The Morgan fingerprint density at radius 2 is 2.00 bits per heavy atom. The van der Waals surface area contributed by atoms with E-state index < -0.39 is 0 Å². The number of hydrogen-bond donors (Lipinski definition) is 2. The van der Waals surface area contributed by atoms with Gasteiger partial charge in [-0.2, -0.15) is 0 Å². The van der Waals surface area contributed by atoms with Crippen molar-refractivity contribution in [3.8, 4) is 0 Å². The van der Waals surface area contributed by atoms with Gasteiger partial charge in [0.05, 0.1) is 5.60 Å². The Morgan fingerprint density at radius 1 is 1.33 bits per heavy atom. The van der Waals surface area contributed by atoms with E-state index in [0.29, 0.717) is 13.1 Å². The van der Waals surface area contributed by atoms with Gasteiger partial charge in [0, 0.05) is 19.7 Å². The van der Waals surface area contributed by atoms with Crippen LogP contribution in [0.15, 0.2) is 0 Å². The van der Waals surface area contributed by atoms with Crippen LogP contribution in [0.25, 0.3) is 0 Å². The predicted octanol–water partition coefficient (Wildman–Crippen LogP) is -0.547. The Morgan fingerprint density at radius 3 is 2.22 bits per heavy atom. The molecule has 1 saturated heterocycles. The van der Waals surface area contributed by atoms with E-state index in [1.165, 1.54) is 0 Å². The van der Waals surface area contributed by atoms with Crippen LogP contribution in [0.2, 0.25) is 0 Å². The van der Waals surface area contributed by atoms with Crippen molar-refractivity contribution in [1.29, 1.82) is 0 Å². The second-order valence-corrected chi connectivity index (χ2v) is 2.54. The minimum absolute atomic E-state index is 0.167. The summed E-state index contributed by atoms with van der Waals surface area (Å²) in [7, 11) is 0. The average Bonchev–Trinajstić information content (AvgIpc) is 2.36. The molecule has 0 radical (unpaired) electrons. The molecule has 4 N–H and O–H groups in total. The lowest BCUT2D eigenvalue weighted by atomic mass is 10.0. The van der Waals surface area contributed by atoms with Gasteiger partial charge in [0.15, 0.2) is 0 Å². The summed E-state index contributed by atoms with van der Waals surface area (Å²) >= 11 is 0. The summed E-state index contributed by atoms with van der Waals surface area (Å²) in [6.07, 6.45) is 2.13.